The largest absolute Gasteiger partial charge is 0.456 e. The van der Waals surface area contributed by atoms with Gasteiger partial charge >= 0.3 is 0 Å². The first-order chi connectivity index (χ1) is 27.7. The molecule has 0 fully saturated rings. The molecule has 0 aliphatic rings. The fraction of sp³-hybridized carbons (Fsp3) is 0. The summed E-state index contributed by atoms with van der Waals surface area (Å²) < 4.78 is 12.9. The molecule has 0 spiro atoms. The first-order valence-electron chi connectivity index (χ1n) is 18.7. The highest BCUT2D eigenvalue weighted by Crippen LogP contribution is 2.41. The van der Waals surface area contributed by atoms with Gasteiger partial charge in [0.05, 0.1) is 0 Å². The van der Waals surface area contributed by atoms with Crippen LogP contribution in [0.2, 0.25) is 0 Å². The molecule has 5 heteroatoms. The summed E-state index contributed by atoms with van der Waals surface area (Å²) in [7, 11) is 0. The van der Waals surface area contributed by atoms with E-state index < -0.39 is 0 Å². The molecule has 11 aromatic rings. The molecule has 3 heterocycles. The maximum atomic E-state index is 6.47. The monoisotopic (exact) mass is 717 g/mol. The molecule has 8 aromatic carbocycles. The zero-order valence-corrected chi connectivity index (χ0v) is 30.1. The quantitative estimate of drug-likeness (QED) is 0.171. The summed E-state index contributed by atoms with van der Waals surface area (Å²) in [5, 5.41) is 4.40. The van der Waals surface area contributed by atoms with Crippen LogP contribution in [0.15, 0.2) is 197 Å². The first-order valence-corrected chi connectivity index (χ1v) is 18.7. The summed E-state index contributed by atoms with van der Waals surface area (Å²) in [6.07, 6.45) is 0. The summed E-state index contributed by atoms with van der Waals surface area (Å²) in [4.78, 5) is 14.6. The third-order valence-electron chi connectivity index (χ3n) is 10.6. The van der Waals surface area contributed by atoms with E-state index in [4.69, 9.17) is 23.8 Å². The number of nitrogens with zero attached hydrogens (tertiary/aromatic N) is 3. The van der Waals surface area contributed by atoms with Crippen molar-refractivity contribution in [2.45, 2.75) is 0 Å². The summed E-state index contributed by atoms with van der Waals surface area (Å²) in [5.41, 5.74) is 12.9. The summed E-state index contributed by atoms with van der Waals surface area (Å²) >= 11 is 0. The molecule has 0 unspecified atom stereocenters. The van der Waals surface area contributed by atoms with E-state index in [0.29, 0.717) is 17.5 Å². The van der Waals surface area contributed by atoms with Gasteiger partial charge in [-0.15, -0.1) is 0 Å². The minimum Gasteiger partial charge on any atom is -0.456 e. The topological polar surface area (TPSA) is 65.0 Å². The van der Waals surface area contributed by atoms with Crippen molar-refractivity contribution < 1.29 is 8.83 Å². The Morgan fingerprint density at radius 1 is 0.268 bits per heavy atom. The maximum Gasteiger partial charge on any atom is 0.164 e. The predicted octanol–water partition coefficient (Wildman–Crippen LogP) is 13.7. The SMILES string of the molecule is c1ccc(-c2nc(-c3ccccc3)nc(-c3ccc(-c4ccc5c(c4)oc4ccc(-c6ccccc6-c6cccc7c6oc6ccccc67)cc45)cc3)n2)cc1. The van der Waals surface area contributed by atoms with Crippen molar-refractivity contribution in [3.63, 3.8) is 0 Å². The second-order valence-electron chi connectivity index (χ2n) is 14.0. The van der Waals surface area contributed by atoms with Crippen molar-refractivity contribution in [2.75, 3.05) is 0 Å². The Kier molecular flexibility index (Phi) is 7.42. The van der Waals surface area contributed by atoms with Gasteiger partial charge in [0.1, 0.15) is 22.3 Å². The van der Waals surface area contributed by atoms with E-state index >= 15 is 0 Å². The van der Waals surface area contributed by atoms with Crippen molar-refractivity contribution in [1.29, 1.82) is 0 Å². The number of rotatable bonds is 6. The molecular formula is C51H31N3O2. The lowest BCUT2D eigenvalue weighted by Gasteiger charge is -2.11. The van der Waals surface area contributed by atoms with E-state index in [2.05, 4.69) is 115 Å². The molecule has 0 atom stereocenters. The van der Waals surface area contributed by atoms with Gasteiger partial charge in [-0.1, -0.05) is 158 Å². The lowest BCUT2D eigenvalue weighted by atomic mass is 9.92. The molecule has 3 aromatic heterocycles. The Bertz CT molecular complexity index is 3180. The highest BCUT2D eigenvalue weighted by Gasteiger charge is 2.17. The zero-order valence-electron chi connectivity index (χ0n) is 30.1. The molecule has 5 nitrogen and oxygen atoms in total. The van der Waals surface area contributed by atoms with Gasteiger partial charge in [-0.25, -0.2) is 15.0 Å². The Morgan fingerprint density at radius 2 is 0.786 bits per heavy atom. The fourth-order valence-corrected chi connectivity index (χ4v) is 7.80. The van der Waals surface area contributed by atoms with Crippen LogP contribution < -0.4 is 0 Å². The second-order valence-corrected chi connectivity index (χ2v) is 14.0. The molecule has 0 N–H and O–H groups in total. The molecule has 0 saturated heterocycles. The Labute approximate surface area is 322 Å². The maximum absolute atomic E-state index is 6.47. The number of hydrogen-bond acceptors (Lipinski definition) is 5. The van der Waals surface area contributed by atoms with Crippen LogP contribution in [-0.2, 0) is 0 Å². The first kappa shape index (κ1) is 31.9. The van der Waals surface area contributed by atoms with Crippen LogP contribution >= 0.6 is 0 Å². The third-order valence-corrected chi connectivity index (χ3v) is 10.6. The molecule has 0 saturated carbocycles. The number of para-hydroxylation sites is 2. The van der Waals surface area contributed by atoms with E-state index in [9.17, 15) is 0 Å². The van der Waals surface area contributed by atoms with Gasteiger partial charge < -0.3 is 8.83 Å². The molecule has 0 bridgehead atoms. The average Bonchev–Trinajstić information content (AvgIpc) is 3.85. The van der Waals surface area contributed by atoms with E-state index in [0.717, 1.165) is 93.9 Å². The Balaban J connectivity index is 0.941. The normalized spacial score (nSPS) is 11.6. The minimum absolute atomic E-state index is 0.628. The van der Waals surface area contributed by atoms with E-state index in [1.165, 1.54) is 0 Å². The molecule has 0 radical (unpaired) electrons. The molecule has 56 heavy (non-hydrogen) atoms. The van der Waals surface area contributed by atoms with Gasteiger partial charge in [0.15, 0.2) is 17.5 Å². The highest BCUT2D eigenvalue weighted by molar-refractivity contribution is 6.11. The van der Waals surface area contributed by atoms with Gasteiger partial charge in [-0.2, -0.15) is 0 Å². The standard InChI is InChI=1S/C51H31N3O2/c1-3-12-33(13-4-1)49-52-50(34-14-5-2-6-15-34)54-51(53-49)35-24-22-32(23-25-35)36-26-28-41-44-30-37(27-29-46(44)55-47(41)31-36)38-16-7-8-17-39(38)42-19-11-20-43-40-18-9-10-21-45(40)56-48(42)43/h1-31H. The van der Waals surface area contributed by atoms with E-state index in [1.807, 2.05) is 72.8 Å². The highest BCUT2D eigenvalue weighted by atomic mass is 16.3. The smallest absolute Gasteiger partial charge is 0.164 e. The van der Waals surface area contributed by atoms with E-state index in [-0.39, 0.29) is 0 Å². The number of aromatic nitrogens is 3. The number of fused-ring (bicyclic) bond motifs is 6. The van der Waals surface area contributed by atoms with Crippen molar-refractivity contribution in [3.05, 3.63) is 188 Å². The van der Waals surface area contributed by atoms with Crippen molar-refractivity contribution in [2.24, 2.45) is 0 Å². The van der Waals surface area contributed by atoms with Gasteiger partial charge in [-0.3, -0.25) is 0 Å². The van der Waals surface area contributed by atoms with Gasteiger partial charge in [0.2, 0.25) is 0 Å². The Morgan fingerprint density at radius 3 is 1.52 bits per heavy atom. The van der Waals surface area contributed by atoms with Crippen LogP contribution in [-0.4, -0.2) is 15.0 Å². The molecule has 0 aliphatic carbocycles. The molecule has 0 aliphatic heterocycles. The number of benzene rings is 8. The fourth-order valence-electron chi connectivity index (χ4n) is 7.80. The van der Waals surface area contributed by atoms with Crippen molar-refractivity contribution >= 4 is 43.9 Å². The molecular weight excluding hydrogens is 687 g/mol. The van der Waals surface area contributed by atoms with Crippen LogP contribution in [0.25, 0.3) is 111 Å². The number of furan rings is 2. The second kappa shape index (κ2) is 13.0. The lowest BCUT2D eigenvalue weighted by molar-refractivity contribution is 0.669. The van der Waals surface area contributed by atoms with Gasteiger partial charge in [0, 0.05) is 43.8 Å². The molecule has 0 amide bonds. The van der Waals surface area contributed by atoms with Gasteiger partial charge in [-0.05, 0) is 58.1 Å². The predicted molar refractivity (Wildman–Crippen MR) is 227 cm³/mol. The summed E-state index contributed by atoms with van der Waals surface area (Å²) in [6, 6.07) is 64.6. The zero-order chi connectivity index (χ0) is 37.0. The molecule has 11 rings (SSSR count). The van der Waals surface area contributed by atoms with Gasteiger partial charge in [0.25, 0.3) is 0 Å². The Hall–Kier alpha value is -7.63. The lowest BCUT2D eigenvalue weighted by Crippen LogP contribution is -2.00. The van der Waals surface area contributed by atoms with Crippen LogP contribution in [0.4, 0.5) is 0 Å². The van der Waals surface area contributed by atoms with Crippen molar-refractivity contribution in [3.8, 4) is 67.5 Å². The van der Waals surface area contributed by atoms with Crippen LogP contribution in [0.3, 0.4) is 0 Å². The third kappa shape index (κ3) is 5.45. The average molecular weight is 718 g/mol. The van der Waals surface area contributed by atoms with Crippen LogP contribution in [0.5, 0.6) is 0 Å². The van der Waals surface area contributed by atoms with E-state index in [1.54, 1.807) is 0 Å². The van der Waals surface area contributed by atoms with Crippen LogP contribution in [0, 0.1) is 0 Å². The summed E-state index contributed by atoms with van der Waals surface area (Å²) in [5.74, 6) is 1.91. The number of hydrogen-bond donors (Lipinski definition) is 0. The summed E-state index contributed by atoms with van der Waals surface area (Å²) in [6.45, 7) is 0. The van der Waals surface area contributed by atoms with Crippen LogP contribution in [0.1, 0.15) is 0 Å². The minimum atomic E-state index is 0.628. The van der Waals surface area contributed by atoms with Crippen molar-refractivity contribution in [1.82, 2.24) is 15.0 Å². The molecule has 262 valence electrons.